The molecule has 32 heavy (non-hydrogen) atoms. The number of hydrogen-bond donors (Lipinski definition) is 0. The number of amides is 1. The monoisotopic (exact) mass is 514 g/mol. The van der Waals surface area contributed by atoms with Crippen LogP contribution in [-0.4, -0.2) is 56.5 Å². The maximum atomic E-state index is 12.8. The molecular formula is C21H20Cl2N2O5S2. The van der Waals surface area contributed by atoms with Crippen LogP contribution in [0.25, 0.3) is 0 Å². The fourth-order valence-electron chi connectivity index (χ4n) is 3.84. The summed E-state index contributed by atoms with van der Waals surface area (Å²) in [5.41, 5.74) is 1.25. The maximum absolute atomic E-state index is 12.8. The number of carbonyl (C=O) groups is 1. The molecule has 0 bridgehead atoms. The Hall–Kier alpha value is -1.94. The number of halogens is 2. The first-order valence-corrected chi connectivity index (χ1v) is 13.1. The number of nitrogens with zero attached hydrogens (tertiary/aromatic N) is 2. The van der Waals surface area contributed by atoms with E-state index in [-0.39, 0.29) is 35.1 Å². The third-order valence-electron chi connectivity index (χ3n) is 5.28. The van der Waals surface area contributed by atoms with Crippen molar-refractivity contribution >= 4 is 61.6 Å². The van der Waals surface area contributed by atoms with Gasteiger partial charge in [-0.3, -0.25) is 4.79 Å². The van der Waals surface area contributed by atoms with Crippen LogP contribution in [0.1, 0.15) is 5.56 Å². The topological polar surface area (TPSA) is 85.3 Å². The lowest BCUT2D eigenvalue weighted by molar-refractivity contribution is -0.117. The van der Waals surface area contributed by atoms with Crippen molar-refractivity contribution in [3.63, 3.8) is 0 Å². The normalized spacial score (nSPS) is 22.8. The summed E-state index contributed by atoms with van der Waals surface area (Å²) >= 11 is 13.9. The number of rotatable bonds is 5. The van der Waals surface area contributed by atoms with E-state index in [4.69, 9.17) is 32.7 Å². The first-order chi connectivity index (χ1) is 15.2. The molecule has 2 aliphatic heterocycles. The first-order valence-electron chi connectivity index (χ1n) is 9.65. The molecule has 1 amide bonds. The van der Waals surface area contributed by atoms with E-state index in [1.807, 2.05) is 0 Å². The minimum absolute atomic E-state index is 0.0277. The van der Waals surface area contributed by atoms with Gasteiger partial charge in [-0.1, -0.05) is 47.1 Å². The van der Waals surface area contributed by atoms with Crippen molar-refractivity contribution in [1.82, 2.24) is 0 Å². The lowest BCUT2D eigenvalue weighted by Crippen LogP contribution is -2.38. The highest BCUT2D eigenvalue weighted by atomic mass is 35.5. The summed E-state index contributed by atoms with van der Waals surface area (Å²) in [6, 6.07) is 9.99. The maximum Gasteiger partial charge on any atom is 0.252 e. The van der Waals surface area contributed by atoms with Crippen molar-refractivity contribution < 1.29 is 22.7 Å². The van der Waals surface area contributed by atoms with Crippen LogP contribution in [0, 0.1) is 0 Å². The van der Waals surface area contributed by atoms with Crippen LogP contribution in [0.5, 0.6) is 11.5 Å². The van der Waals surface area contributed by atoms with Crippen molar-refractivity contribution in [3.8, 4) is 11.5 Å². The van der Waals surface area contributed by atoms with Gasteiger partial charge in [0, 0.05) is 5.25 Å². The molecule has 2 aromatic carbocycles. The number of ether oxygens (including phenoxy) is 2. The molecule has 2 saturated heterocycles. The number of methoxy groups -OCH3 is 2. The minimum atomic E-state index is -3.19. The van der Waals surface area contributed by atoms with Crippen LogP contribution in [-0.2, 0) is 21.1 Å². The molecule has 0 aromatic heterocycles. The molecule has 0 aliphatic carbocycles. The SMILES string of the molecule is COc1ccc(CC(=O)N=C2SC3CS(=O)(=O)CC3N2c2cccc(Cl)c2Cl)cc1OC. The molecular weight excluding hydrogens is 495 g/mol. The Morgan fingerprint density at radius 3 is 2.62 bits per heavy atom. The number of anilines is 1. The number of thioether (sulfide) groups is 1. The zero-order chi connectivity index (χ0) is 23.0. The largest absolute Gasteiger partial charge is 0.493 e. The summed E-state index contributed by atoms with van der Waals surface area (Å²) in [6.45, 7) is 0. The number of sulfone groups is 1. The van der Waals surface area contributed by atoms with Gasteiger partial charge in [-0.25, -0.2) is 8.42 Å². The Kier molecular flexibility index (Phi) is 6.63. The lowest BCUT2D eigenvalue weighted by atomic mass is 10.1. The number of aliphatic imine (C=N–C) groups is 1. The van der Waals surface area contributed by atoms with E-state index in [0.29, 0.717) is 32.4 Å². The van der Waals surface area contributed by atoms with Gasteiger partial charge in [0.15, 0.2) is 26.5 Å². The minimum Gasteiger partial charge on any atom is -0.493 e. The predicted molar refractivity (Wildman–Crippen MR) is 128 cm³/mol. The highest BCUT2D eigenvalue weighted by Gasteiger charge is 2.49. The summed E-state index contributed by atoms with van der Waals surface area (Å²) < 4.78 is 35.0. The third kappa shape index (κ3) is 4.57. The molecule has 0 spiro atoms. The van der Waals surface area contributed by atoms with Crippen molar-refractivity contribution in [2.24, 2.45) is 4.99 Å². The van der Waals surface area contributed by atoms with E-state index in [2.05, 4.69) is 4.99 Å². The van der Waals surface area contributed by atoms with Gasteiger partial charge in [-0.15, -0.1) is 0 Å². The molecule has 2 aliphatic rings. The second-order valence-corrected chi connectivity index (χ2v) is 11.5. The summed E-state index contributed by atoms with van der Waals surface area (Å²) in [5, 5.41) is 0.821. The van der Waals surface area contributed by atoms with Gasteiger partial charge in [0.05, 0.1) is 53.9 Å². The highest BCUT2D eigenvalue weighted by molar-refractivity contribution is 8.16. The Labute approximate surface area is 200 Å². The Bertz CT molecular complexity index is 1200. The standard InChI is InChI=1S/C21H20Cl2N2O5S2/c1-29-16-7-6-12(8-17(16)30-2)9-19(26)24-21-25(14-5-3-4-13(22)20(14)23)15-10-32(27,28)11-18(15)31-21/h3-8,15,18H,9-11H2,1-2H3. The average Bonchev–Trinajstić information content (AvgIpc) is 3.20. The number of hydrogen-bond acceptors (Lipinski definition) is 6. The fourth-order valence-corrected chi connectivity index (χ4v) is 8.15. The average molecular weight is 515 g/mol. The van der Waals surface area contributed by atoms with Crippen LogP contribution in [0.4, 0.5) is 5.69 Å². The van der Waals surface area contributed by atoms with Gasteiger partial charge < -0.3 is 14.4 Å². The third-order valence-corrected chi connectivity index (χ3v) is 9.30. The smallest absolute Gasteiger partial charge is 0.252 e. The van der Waals surface area contributed by atoms with Crippen molar-refractivity contribution in [1.29, 1.82) is 0 Å². The number of fused-ring (bicyclic) bond motifs is 1. The fraction of sp³-hybridized carbons (Fsp3) is 0.333. The molecule has 0 saturated carbocycles. The molecule has 11 heteroatoms. The van der Waals surface area contributed by atoms with Crippen LogP contribution in [0.2, 0.25) is 10.0 Å². The summed E-state index contributed by atoms with van der Waals surface area (Å²) in [4.78, 5) is 18.9. The summed E-state index contributed by atoms with van der Waals surface area (Å²) in [5.74, 6) is 0.715. The van der Waals surface area contributed by atoms with Crippen LogP contribution >= 0.6 is 35.0 Å². The molecule has 0 radical (unpaired) electrons. The van der Waals surface area contributed by atoms with Gasteiger partial charge >= 0.3 is 0 Å². The Balaban J connectivity index is 1.65. The van der Waals surface area contributed by atoms with Crippen LogP contribution in [0.15, 0.2) is 41.4 Å². The number of amidine groups is 1. The molecule has 0 N–H and O–H groups in total. The van der Waals surface area contributed by atoms with Gasteiger partial charge in [-0.2, -0.15) is 4.99 Å². The van der Waals surface area contributed by atoms with E-state index in [1.54, 1.807) is 48.4 Å². The van der Waals surface area contributed by atoms with Crippen molar-refractivity contribution in [2.75, 3.05) is 30.6 Å². The van der Waals surface area contributed by atoms with E-state index >= 15 is 0 Å². The van der Waals surface area contributed by atoms with Crippen molar-refractivity contribution in [2.45, 2.75) is 17.7 Å². The Morgan fingerprint density at radius 2 is 1.91 bits per heavy atom. The molecule has 4 rings (SSSR count). The molecule has 170 valence electrons. The van der Waals surface area contributed by atoms with Gasteiger partial charge in [0.1, 0.15) is 0 Å². The van der Waals surface area contributed by atoms with E-state index in [0.717, 1.165) is 5.56 Å². The molecule has 2 aromatic rings. The van der Waals surface area contributed by atoms with Crippen molar-refractivity contribution in [3.05, 3.63) is 52.0 Å². The summed E-state index contributed by atoms with van der Waals surface area (Å²) in [7, 11) is -0.122. The summed E-state index contributed by atoms with van der Waals surface area (Å²) in [6.07, 6.45) is 0.0508. The molecule has 2 atom stereocenters. The molecule has 2 heterocycles. The highest BCUT2D eigenvalue weighted by Crippen LogP contribution is 2.44. The van der Waals surface area contributed by atoms with Crippen LogP contribution < -0.4 is 14.4 Å². The van der Waals surface area contributed by atoms with Gasteiger partial charge in [0.25, 0.3) is 5.91 Å². The van der Waals surface area contributed by atoms with E-state index in [1.165, 1.54) is 18.9 Å². The van der Waals surface area contributed by atoms with E-state index < -0.39 is 9.84 Å². The zero-order valence-corrected chi connectivity index (χ0v) is 20.4. The zero-order valence-electron chi connectivity index (χ0n) is 17.2. The molecule has 2 fully saturated rings. The second kappa shape index (κ2) is 9.13. The molecule has 7 nitrogen and oxygen atoms in total. The quantitative estimate of drug-likeness (QED) is 0.598. The second-order valence-electron chi connectivity index (χ2n) is 7.40. The molecule has 2 unspecified atom stereocenters. The number of benzene rings is 2. The number of carbonyl (C=O) groups excluding carboxylic acids is 1. The first kappa shape index (κ1) is 23.2. The lowest BCUT2D eigenvalue weighted by Gasteiger charge is -2.25. The van der Waals surface area contributed by atoms with Gasteiger partial charge in [0.2, 0.25) is 0 Å². The van der Waals surface area contributed by atoms with Crippen LogP contribution in [0.3, 0.4) is 0 Å². The predicted octanol–water partition coefficient (Wildman–Crippen LogP) is 3.85. The van der Waals surface area contributed by atoms with E-state index in [9.17, 15) is 13.2 Å². The Morgan fingerprint density at radius 1 is 1.16 bits per heavy atom. The van der Waals surface area contributed by atoms with Gasteiger partial charge in [-0.05, 0) is 29.8 Å².